The number of nitrogens with zero attached hydrogens (tertiary/aromatic N) is 2. The topological polar surface area (TPSA) is 54.9 Å². The third-order valence-electron chi connectivity index (χ3n) is 2.36. The van der Waals surface area contributed by atoms with Crippen molar-refractivity contribution in [1.29, 1.82) is 0 Å². The molecule has 0 saturated carbocycles. The van der Waals surface area contributed by atoms with E-state index in [1.54, 1.807) is 28.9 Å². The molecule has 0 aliphatic heterocycles. The number of hydrogen-bond acceptors (Lipinski definition) is 5. The van der Waals surface area contributed by atoms with Crippen molar-refractivity contribution in [3.05, 3.63) is 22.0 Å². The molecular weight excluding hydrogens is 278 g/mol. The zero-order chi connectivity index (χ0) is 13.5. The molecule has 98 valence electrons. The van der Waals surface area contributed by atoms with Gasteiger partial charge in [-0.25, -0.2) is 9.97 Å². The minimum atomic E-state index is -0.00495. The number of amides is 1. The normalized spacial score (nSPS) is 10.1. The molecule has 0 unspecified atom stereocenters. The molecular formula is C13H13N3OS2. The maximum Gasteiger partial charge on any atom is 0.220 e. The molecule has 0 aliphatic rings. The van der Waals surface area contributed by atoms with Gasteiger partial charge in [0.05, 0.1) is 5.01 Å². The van der Waals surface area contributed by atoms with E-state index in [1.807, 2.05) is 10.8 Å². The fourth-order valence-corrected chi connectivity index (χ4v) is 2.91. The van der Waals surface area contributed by atoms with Crippen LogP contribution in [-0.4, -0.2) is 22.4 Å². The lowest BCUT2D eigenvalue weighted by molar-refractivity contribution is -0.120. The molecule has 1 N–H and O–H groups in total. The van der Waals surface area contributed by atoms with Crippen LogP contribution in [0.2, 0.25) is 0 Å². The molecule has 2 aromatic heterocycles. The van der Waals surface area contributed by atoms with Gasteiger partial charge in [-0.05, 0) is 0 Å². The van der Waals surface area contributed by atoms with Crippen molar-refractivity contribution in [2.45, 2.75) is 19.3 Å². The van der Waals surface area contributed by atoms with Crippen LogP contribution in [0.3, 0.4) is 0 Å². The number of nitrogens with one attached hydrogen (secondary N) is 1. The molecule has 6 heteroatoms. The fraction of sp³-hybridized carbons (Fsp3) is 0.308. The van der Waals surface area contributed by atoms with Crippen LogP contribution in [0.1, 0.15) is 17.8 Å². The number of carbonyl (C=O) groups excluding carboxylic acids is 1. The number of terminal acetylenes is 1. The zero-order valence-corrected chi connectivity index (χ0v) is 11.9. The summed E-state index contributed by atoms with van der Waals surface area (Å²) in [6.07, 6.45) is 8.48. The lowest BCUT2D eigenvalue weighted by Gasteiger charge is -2.01. The molecule has 0 aliphatic carbocycles. The maximum atomic E-state index is 11.4. The van der Waals surface area contributed by atoms with E-state index in [0.29, 0.717) is 19.4 Å². The Hall–Kier alpha value is -1.71. The van der Waals surface area contributed by atoms with Crippen molar-refractivity contribution in [1.82, 2.24) is 15.3 Å². The Labute approximate surface area is 119 Å². The first-order chi connectivity index (χ1) is 9.29. The second-order valence-corrected chi connectivity index (χ2v) is 5.61. The van der Waals surface area contributed by atoms with Crippen molar-refractivity contribution < 1.29 is 4.79 Å². The van der Waals surface area contributed by atoms with Gasteiger partial charge in [-0.15, -0.1) is 35.0 Å². The Morgan fingerprint density at radius 1 is 1.47 bits per heavy atom. The molecule has 0 saturated heterocycles. The number of carbonyl (C=O) groups is 1. The van der Waals surface area contributed by atoms with E-state index in [-0.39, 0.29) is 5.91 Å². The largest absolute Gasteiger partial charge is 0.356 e. The average Bonchev–Trinajstić information content (AvgIpc) is 3.06. The van der Waals surface area contributed by atoms with Gasteiger partial charge in [0.2, 0.25) is 5.91 Å². The molecule has 2 aromatic rings. The Morgan fingerprint density at radius 3 is 3.11 bits per heavy atom. The first kappa shape index (κ1) is 13.7. The Kier molecular flexibility index (Phi) is 5.07. The third kappa shape index (κ3) is 4.16. The minimum Gasteiger partial charge on any atom is -0.356 e. The molecule has 0 bridgehead atoms. The molecule has 1 amide bonds. The number of aromatic nitrogens is 2. The first-order valence-corrected chi connectivity index (χ1v) is 7.60. The van der Waals surface area contributed by atoms with Gasteiger partial charge < -0.3 is 5.32 Å². The van der Waals surface area contributed by atoms with Gasteiger partial charge in [0, 0.05) is 42.8 Å². The quantitative estimate of drug-likeness (QED) is 0.831. The van der Waals surface area contributed by atoms with Crippen LogP contribution in [0.5, 0.6) is 0 Å². The third-order valence-corrected chi connectivity index (χ3v) is 4.06. The molecule has 4 nitrogen and oxygen atoms in total. The highest BCUT2D eigenvalue weighted by molar-refractivity contribution is 7.14. The second kappa shape index (κ2) is 7.02. The highest BCUT2D eigenvalue weighted by atomic mass is 32.1. The molecule has 0 spiro atoms. The molecule has 0 atom stereocenters. The van der Waals surface area contributed by atoms with Gasteiger partial charge >= 0.3 is 0 Å². The molecule has 2 heterocycles. The zero-order valence-electron chi connectivity index (χ0n) is 10.3. The van der Waals surface area contributed by atoms with Gasteiger partial charge in [-0.1, -0.05) is 0 Å². The Bertz CT molecular complexity index is 569. The van der Waals surface area contributed by atoms with E-state index in [2.05, 4.69) is 21.2 Å². The number of hydrogen-bond donors (Lipinski definition) is 1. The van der Waals surface area contributed by atoms with Crippen molar-refractivity contribution in [2.75, 3.05) is 6.54 Å². The van der Waals surface area contributed by atoms with Crippen LogP contribution in [0, 0.1) is 12.3 Å². The van der Waals surface area contributed by atoms with E-state index >= 15 is 0 Å². The average molecular weight is 291 g/mol. The molecule has 0 radical (unpaired) electrons. The summed E-state index contributed by atoms with van der Waals surface area (Å²) in [7, 11) is 0. The molecule has 0 aromatic carbocycles. The van der Waals surface area contributed by atoms with Crippen LogP contribution in [0.4, 0.5) is 0 Å². The predicted octanol–water partition coefficient (Wildman–Crippen LogP) is 2.34. The van der Waals surface area contributed by atoms with Gasteiger partial charge in [0.25, 0.3) is 0 Å². The fourth-order valence-electron chi connectivity index (χ4n) is 1.46. The van der Waals surface area contributed by atoms with Crippen LogP contribution >= 0.6 is 22.7 Å². The highest BCUT2D eigenvalue weighted by Gasteiger charge is 2.07. The standard InChI is InChI=1S/C13H13N3OS2/c1-2-3-4-11(17)14-6-5-12-16-10(9-19-12)13-15-7-8-18-13/h1,7-9H,3-6H2,(H,14,17). The summed E-state index contributed by atoms with van der Waals surface area (Å²) in [5.74, 6) is 2.44. The minimum absolute atomic E-state index is 0.00495. The van der Waals surface area contributed by atoms with E-state index in [9.17, 15) is 4.79 Å². The summed E-state index contributed by atoms with van der Waals surface area (Å²) in [5.41, 5.74) is 0.911. The lowest BCUT2D eigenvalue weighted by Crippen LogP contribution is -2.25. The van der Waals surface area contributed by atoms with Crippen LogP contribution in [-0.2, 0) is 11.2 Å². The van der Waals surface area contributed by atoms with Crippen molar-refractivity contribution in [3.8, 4) is 23.0 Å². The summed E-state index contributed by atoms with van der Waals surface area (Å²) in [6, 6.07) is 0. The summed E-state index contributed by atoms with van der Waals surface area (Å²) >= 11 is 3.16. The van der Waals surface area contributed by atoms with Gasteiger partial charge in [-0.2, -0.15) is 0 Å². The van der Waals surface area contributed by atoms with E-state index < -0.39 is 0 Å². The smallest absolute Gasteiger partial charge is 0.220 e. The SMILES string of the molecule is C#CCCC(=O)NCCc1nc(-c2nccs2)cs1. The van der Waals surface area contributed by atoms with Gasteiger partial charge in [0.1, 0.15) is 10.7 Å². The highest BCUT2D eigenvalue weighted by Crippen LogP contribution is 2.23. The molecule has 2 rings (SSSR count). The lowest BCUT2D eigenvalue weighted by atomic mass is 10.3. The Balaban J connectivity index is 1.78. The van der Waals surface area contributed by atoms with Crippen LogP contribution in [0.25, 0.3) is 10.7 Å². The Morgan fingerprint density at radius 2 is 2.37 bits per heavy atom. The van der Waals surface area contributed by atoms with Gasteiger partial charge in [0.15, 0.2) is 0 Å². The van der Waals surface area contributed by atoms with E-state index in [4.69, 9.17) is 6.42 Å². The summed E-state index contributed by atoms with van der Waals surface area (Å²) in [4.78, 5) is 20.1. The van der Waals surface area contributed by atoms with Gasteiger partial charge in [-0.3, -0.25) is 4.79 Å². The van der Waals surface area contributed by atoms with E-state index in [0.717, 1.165) is 22.1 Å². The maximum absolute atomic E-state index is 11.4. The van der Waals surface area contributed by atoms with Crippen molar-refractivity contribution >= 4 is 28.6 Å². The predicted molar refractivity (Wildman–Crippen MR) is 78.0 cm³/mol. The summed E-state index contributed by atoms with van der Waals surface area (Å²) in [6.45, 7) is 0.591. The van der Waals surface area contributed by atoms with Crippen molar-refractivity contribution in [2.24, 2.45) is 0 Å². The summed E-state index contributed by atoms with van der Waals surface area (Å²) in [5, 5.41) is 8.69. The molecule has 0 fully saturated rings. The second-order valence-electron chi connectivity index (χ2n) is 3.77. The number of rotatable bonds is 6. The van der Waals surface area contributed by atoms with Crippen LogP contribution < -0.4 is 5.32 Å². The van der Waals surface area contributed by atoms with Crippen LogP contribution in [0.15, 0.2) is 17.0 Å². The number of thiazole rings is 2. The monoisotopic (exact) mass is 291 g/mol. The van der Waals surface area contributed by atoms with E-state index in [1.165, 1.54) is 0 Å². The van der Waals surface area contributed by atoms with Crippen molar-refractivity contribution in [3.63, 3.8) is 0 Å². The first-order valence-electron chi connectivity index (χ1n) is 5.84. The summed E-state index contributed by atoms with van der Waals surface area (Å²) < 4.78 is 0. The molecule has 19 heavy (non-hydrogen) atoms.